The number of nitrogens with zero attached hydrogens (tertiary/aromatic N) is 3. The van der Waals surface area contributed by atoms with Crippen LogP contribution in [-0.2, 0) is 20.7 Å². The zero-order chi connectivity index (χ0) is 19.2. The molecule has 0 N–H and O–H groups in total. The van der Waals surface area contributed by atoms with Crippen LogP contribution in [0.2, 0.25) is 0 Å². The van der Waals surface area contributed by atoms with Crippen LogP contribution in [0.1, 0.15) is 31.5 Å². The maximum atomic E-state index is 12.7. The fourth-order valence-corrected chi connectivity index (χ4v) is 3.85. The van der Waals surface area contributed by atoms with E-state index in [-0.39, 0.29) is 17.9 Å². The highest BCUT2D eigenvalue weighted by molar-refractivity contribution is 5.79. The molecule has 7 nitrogen and oxygen atoms in total. The van der Waals surface area contributed by atoms with Gasteiger partial charge in [0, 0.05) is 44.2 Å². The number of aromatic nitrogens is 2. The second-order valence-electron chi connectivity index (χ2n) is 7.44. The van der Waals surface area contributed by atoms with Crippen molar-refractivity contribution in [1.82, 2.24) is 15.0 Å². The maximum absolute atomic E-state index is 12.7. The normalized spacial score (nSPS) is 21.0. The van der Waals surface area contributed by atoms with Crippen LogP contribution in [0.5, 0.6) is 0 Å². The van der Waals surface area contributed by atoms with Gasteiger partial charge in [0.25, 0.3) is 5.89 Å². The summed E-state index contributed by atoms with van der Waals surface area (Å²) < 4.78 is 16.7. The van der Waals surface area contributed by atoms with Crippen LogP contribution in [0.4, 0.5) is 0 Å². The van der Waals surface area contributed by atoms with E-state index in [0.29, 0.717) is 44.5 Å². The third-order valence-electron chi connectivity index (χ3n) is 5.43. The number of hydrogen-bond acceptors (Lipinski definition) is 6. The number of piperidine rings is 1. The number of benzene rings is 1. The van der Waals surface area contributed by atoms with Gasteiger partial charge in [-0.25, -0.2) is 0 Å². The van der Waals surface area contributed by atoms with Gasteiger partial charge in [0.1, 0.15) is 0 Å². The summed E-state index contributed by atoms with van der Waals surface area (Å²) >= 11 is 0. The minimum absolute atomic E-state index is 0.0815. The monoisotopic (exact) mass is 385 g/mol. The molecule has 1 unspecified atom stereocenters. The zero-order valence-corrected chi connectivity index (χ0v) is 16.1. The predicted octanol–water partition coefficient (Wildman–Crippen LogP) is 2.71. The first kappa shape index (κ1) is 19.1. The van der Waals surface area contributed by atoms with Gasteiger partial charge in [0.2, 0.25) is 5.91 Å². The summed E-state index contributed by atoms with van der Waals surface area (Å²) in [6.07, 6.45) is 4.32. The van der Waals surface area contributed by atoms with E-state index in [4.69, 9.17) is 14.0 Å². The molecule has 28 heavy (non-hydrogen) atoms. The third-order valence-corrected chi connectivity index (χ3v) is 5.43. The van der Waals surface area contributed by atoms with Gasteiger partial charge >= 0.3 is 0 Å². The predicted molar refractivity (Wildman–Crippen MR) is 103 cm³/mol. The van der Waals surface area contributed by atoms with Gasteiger partial charge in [0.15, 0.2) is 5.82 Å². The van der Waals surface area contributed by atoms with Crippen LogP contribution in [0, 0.1) is 5.92 Å². The molecule has 2 fully saturated rings. The molecule has 2 aliphatic rings. The van der Waals surface area contributed by atoms with Crippen molar-refractivity contribution < 1.29 is 18.8 Å². The molecule has 1 amide bonds. The van der Waals surface area contributed by atoms with E-state index in [9.17, 15) is 4.79 Å². The van der Waals surface area contributed by atoms with E-state index in [0.717, 1.165) is 37.8 Å². The molecule has 150 valence electrons. The molecule has 2 aromatic rings. The smallest absolute Gasteiger partial charge is 0.257 e. The third kappa shape index (κ3) is 4.77. The Kier molecular flexibility index (Phi) is 6.34. The summed E-state index contributed by atoms with van der Waals surface area (Å²) in [7, 11) is 0. The molecule has 7 heteroatoms. The fraction of sp³-hybridized carbons (Fsp3) is 0.571. The quantitative estimate of drug-likeness (QED) is 0.761. The Morgan fingerprint density at radius 3 is 2.82 bits per heavy atom. The molecule has 4 rings (SSSR count). The maximum Gasteiger partial charge on any atom is 0.257 e. The Hall–Kier alpha value is -2.25. The highest BCUT2D eigenvalue weighted by Crippen LogP contribution is 2.22. The average Bonchev–Trinajstić information content (AvgIpc) is 3.24. The highest BCUT2D eigenvalue weighted by Gasteiger charge is 2.30. The number of hydrogen-bond donors (Lipinski definition) is 0. The number of likely N-dealkylation sites (tertiary alicyclic amines) is 1. The Bertz CT molecular complexity index is 758. The Balaban J connectivity index is 1.24. The topological polar surface area (TPSA) is 77.7 Å². The van der Waals surface area contributed by atoms with Crippen molar-refractivity contribution in [3.63, 3.8) is 0 Å². The second kappa shape index (κ2) is 9.30. The standard InChI is InChI=1S/C21H27N3O4/c25-21(17-8-12-26-13-9-17)24-11-4-7-18(15-24)27-14-10-19-22-20(28-23-19)16-5-2-1-3-6-16/h1-3,5-6,17-18H,4,7-15H2. The van der Waals surface area contributed by atoms with E-state index >= 15 is 0 Å². The number of carbonyl (C=O) groups excluding carboxylic acids is 1. The van der Waals surface area contributed by atoms with Crippen molar-refractivity contribution in [2.75, 3.05) is 32.9 Å². The van der Waals surface area contributed by atoms with E-state index in [1.807, 2.05) is 35.2 Å². The van der Waals surface area contributed by atoms with Gasteiger partial charge in [-0.2, -0.15) is 4.98 Å². The van der Waals surface area contributed by atoms with Crippen molar-refractivity contribution in [3.8, 4) is 11.5 Å². The lowest BCUT2D eigenvalue weighted by atomic mass is 9.97. The van der Waals surface area contributed by atoms with Crippen LogP contribution in [0.3, 0.4) is 0 Å². The highest BCUT2D eigenvalue weighted by atomic mass is 16.5. The molecule has 0 aliphatic carbocycles. The second-order valence-corrected chi connectivity index (χ2v) is 7.44. The lowest BCUT2D eigenvalue weighted by molar-refractivity contribution is -0.142. The molecular weight excluding hydrogens is 358 g/mol. The van der Waals surface area contributed by atoms with Crippen molar-refractivity contribution in [3.05, 3.63) is 36.2 Å². The van der Waals surface area contributed by atoms with Crippen molar-refractivity contribution in [2.45, 2.75) is 38.2 Å². The van der Waals surface area contributed by atoms with Crippen LogP contribution in [0.15, 0.2) is 34.9 Å². The SMILES string of the molecule is O=C(C1CCOCC1)N1CCCC(OCCc2noc(-c3ccccc3)n2)C1. The largest absolute Gasteiger partial charge is 0.381 e. The van der Waals surface area contributed by atoms with Gasteiger partial charge in [-0.15, -0.1) is 0 Å². The summed E-state index contributed by atoms with van der Waals surface area (Å²) in [5, 5.41) is 4.04. The zero-order valence-electron chi connectivity index (χ0n) is 16.1. The molecule has 2 aliphatic heterocycles. The molecule has 1 aromatic heterocycles. The van der Waals surface area contributed by atoms with Crippen LogP contribution >= 0.6 is 0 Å². The molecular formula is C21H27N3O4. The number of ether oxygens (including phenoxy) is 2. The van der Waals surface area contributed by atoms with Gasteiger partial charge in [-0.3, -0.25) is 4.79 Å². The van der Waals surface area contributed by atoms with E-state index in [2.05, 4.69) is 10.1 Å². The van der Waals surface area contributed by atoms with Gasteiger partial charge < -0.3 is 18.9 Å². The van der Waals surface area contributed by atoms with Crippen LogP contribution in [-0.4, -0.2) is 60.0 Å². The molecule has 2 saturated heterocycles. The summed E-state index contributed by atoms with van der Waals surface area (Å²) in [6, 6.07) is 9.73. The molecule has 0 bridgehead atoms. The molecule has 0 radical (unpaired) electrons. The van der Waals surface area contributed by atoms with Crippen molar-refractivity contribution in [1.29, 1.82) is 0 Å². The van der Waals surface area contributed by atoms with Crippen LogP contribution < -0.4 is 0 Å². The Labute approximate surface area is 165 Å². The first-order chi connectivity index (χ1) is 13.8. The molecule has 0 spiro atoms. The Morgan fingerprint density at radius 2 is 2.00 bits per heavy atom. The summed E-state index contributed by atoms with van der Waals surface area (Å²) in [4.78, 5) is 19.1. The van der Waals surface area contributed by atoms with Gasteiger partial charge in [0.05, 0.1) is 12.7 Å². The van der Waals surface area contributed by atoms with Crippen LogP contribution in [0.25, 0.3) is 11.5 Å². The average molecular weight is 385 g/mol. The molecule has 0 saturated carbocycles. The first-order valence-electron chi connectivity index (χ1n) is 10.2. The summed E-state index contributed by atoms with van der Waals surface area (Å²) in [6.45, 7) is 3.43. The van der Waals surface area contributed by atoms with E-state index in [1.54, 1.807) is 0 Å². The Morgan fingerprint density at radius 1 is 1.18 bits per heavy atom. The summed E-state index contributed by atoms with van der Waals surface area (Å²) in [5.41, 5.74) is 0.914. The van der Waals surface area contributed by atoms with E-state index in [1.165, 1.54) is 0 Å². The minimum Gasteiger partial charge on any atom is -0.381 e. The molecule has 1 atom stereocenters. The van der Waals surface area contributed by atoms with Crippen molar-refractivity contribution in [2.24, 2.45) is 5.92 Å². The molecule has 3 heterocycles. The van der Waals surface area contributed by atoms with Crippen molar-refractivity contribution >= 4 is 5.91 Å². The number of rotatable bonds is 6. The summed E-state index contributed by atoms with van der Waals surface area (Å²) in [5.74, 6) is 1.55. The fourth-order valence-electron chi connectivity index (χ4n) is 3.85. The van der Waals surface area contributed by atoms with Gasteiger partial charge in [-0.1, -0.05) is 23.4 Å². The van der Waals surface area contributed by atoms with E-state index < -0.39 is 0 Å². The number of carbonyl (C=O) groups is 1. The molecule has 1 aromatic carbocycles. The van der Waals surface area contributed by atoms with Gasteiger partial charge in [-0.05, 0) is 37.8 Å². The lowest BCUT2D eigenvalue weighted by Gasteiger charge is -2.35. The number of amides is 1. The minimum atomic E-state index is 0.0815. The first-order valence-corrected chi connectivity index (χ1v) is 10.2. The lowest BCUT2D eigenvalue weighted by Crippen LogP contribution is -2.46.